The van der Waals surface area contributed by atoms with E-state index in [0.717, 1.165) is 22.4 Å². The second-order valence-corrected chi connectivity index (χ2v) is 6.06. The zero-order valence-electron chi connectivity index (χ0n) is 11.7. The van der Waals surface area contributed by atoms with E-state index in [4.69, 9.17) is 0 Å². The summed E-state index contributed by atoms with van der Waals surface area (Å²) in [5, 5.41) is 0. The highest BCUT2D eigenvalue weighted by molar-refractivity contribution is 8.00. The lowest BCUT2D eigenvalue weighted by Crippen LogP contribution is -2.35. The Morgan fingerprint density at radius 3 is 2.81 bits per heavy atom. The second-order valence-electron chi connectivity index (χ2n) is 5.04. The standard InChI is InChI=1S/C17H15NO2S/c1-12-4-2-3-5-14(12)9-18-15-7-6-13(10-19)8-16(15)21-11-17(18)20/h2-8,10H,9,11H2,1H3. The van der Waals surface area contributed by atoms with Crippen LogP contribution < -0.4 is 4.90 Å². The van der Waals surface area contributed by atoms with Crippen LogP contribution in [0.5, 0.6) is 0 Å². The van der Waals surface area contributed by atoms with Crippen molar-refractivity contribution in [1.29, 1.82) is 0 Å². The van der Waals surface area contributed by atoms with Crippen molar-refractivity contribution < 1.29 is 9.59 Å². The molecule has 1 aliphatic rings. The van der Waals surface area contributed by atoms with Gasteiger partial charge in [-0.25, -0.2) is 0 Å². The predicted octanol–water partition coefficient (Wildman–Crippen LogP) is 3.45. The van der Waals surface area contributed by atoms with E-state index in [0.29, 0.717) is 17.9 Å². The number of aryl methyl sites for hydroxylation is 1. The van der Waals surface area contributed by atoms with Crippen molar-refractivity contribution >= 4 is 29.6 Å². The fourth-order valence-corrected chi connectivity index (χ4v) is 3.41. The van der Waals surface area contributed by atoms with Crippen LogP contribution in [0.3, 0.4) is 0 Å². The van der Waals surface area contributed by atoms with Crippen LogP contribution >= 0.6 is 11.8 Å². The summed E-state index contributed by atoms with van der Waals surface area (Å²) < 4.78 is 0. The smallest absolute Gasteiger partial charge is 0.237 e. The minimum Gasteiger partial charge on any atom is -0.306 e. The monoisotopic (exact) mass is 297 g/mol. The maximum Gasteiger partial charge on any atom is 0.237 e. The van der Waals surface area contributed by atoms with Gasteiger partial charge >= 0.3 is 0 Å². The molecule has 0 bridgehead atoms. The van der Waals surface area contributed by atoms with Crippen LogP contribution in [0.1, 0.15) is 21.5 Å². The molecule has 0 fully saturated rings. The molecule has 0 aromatic heterocycles. The van der Waals surface area contributed by atoms with E-state index >= 15 is 0 Å². The van der Waals surface area contributed by atoms with E-state index in [1.54, 1.807) is 6.07 Å². The van der Waals surface area contributed by atoms with Gasteiger partial charge in [-0.2, -0.15) is 0 Å². The molecule has 2 aromatic rings. The van der Waals surface area contributed by atoms with E-state index in [-0.39, 0.29) is 5.91 Å². The molecule has 1 heterocycles. The molecule has 0 saturated heterocycles. The van der Waals surface area contributed by atoms with Gasteiger partial charge < -0.3 is 4.90 Å². The van der Waals surface area contributed by atoms with Crippen molar-refractivity contribution in [3.63, 3.8) is 0 Å². The Kier molecular flexibility index (Phi) is 3.80. The van der Waals surface area contributed by atoms with Gasteiger partial charge in [0, 0.05) is 10.5 Å². The van der Waals surface area contributed by atoms with Gasteiger partial charge in [-0.05, 0) is 36.2 Å². The molecule has 0 aliphatic carbocycles. The molecule has 0 saturated carbocycles. The van der Waals surface area contributed by atoms with Gasteiger partial charge in [0.2, 0.25) is 5.91 Å². The largest absolute Gasteiger partial charge is 0.306 e. The summed E-state index contributed by atoms with van der Waals surface area (Å²) in [5.41, 5.74) is 3.86. The van der Waals surface area contributed by atoms with Gasteiger partial charge in [0.25, 0.3) is 0 Å². The first-order chi connectivity index (χ1) is 10.2. The molecule has 1 aliphatic heterocycles. The third-order valence-corrected chi connectivity index (χ3v) is 4.68. The number of fused-ring (bicyclic) bond motifs is 1. The molecule has 0 unspecified atom stereocenters. The van der Waals surface area contributed by atoms with E-state index in [1.807, 2.05) is 35.2 Å². The number of hydrogen-bond acceptors (Lipinski definition) is 3. The van der Waals surface area contributed by atoms with Gasteiger partial charge in [0.15, 0.2) is 0 Å². The first-order valence-electron chi connectivity index (χ1n) is 6.76. The van der Waals surface area contributed by atoms with Crippen molar-refractivity contribution in [2.24, 2.45) is 0 Å². The van der Waals surface area contributed by atoms with Gasteiger partial charge in [-0.15, -0.1) is 11.8 Å². The topological polar surface area (TPSA) is 37.4 Å². The minimum absolute atomic E-state index is 0.106. The van der Waals surface area contributed by atoms with Crippen LogP contribution in [0, 0.1) is 6.92 Å². The number of benzene rings is 2. The molecule has 0 spiro atoms. The molecule has 4 heteroatoms. The highest BCUT2D eigenvalue weighted by Gasteiger charge is 2.25. The Morgan fingerprint density at radius 2 is 2.05 bits per heavy atom. The lowest BCUT2D eigenvalue weighted by molar-refractivity contribution is -0.116. The third-order valence-electron chi connectivity index (χ3n) is 3.65. The number of anilines is 1. The SMILES string of the molecule is Cc1ccccc1CN1C(=O)CSc2cc(C=O)ccc21. The molecule has 0 atom stereocenters. The van der Waals surface area contributed by atoms with Crippen LogP contribution in [0.2, 0.25) is 0 Å². The molecule has 106 valence electrons. The highest BCUT2D eigenvalue weighted by Crippen LogP contribution is 2.36. The Balaban J connectivity index is 1.98. The van der Waals surface area contributed by atoms with Crippen molar-refractivity contribution in [3.05, 3.63) is 59.2 Å². The molecular weight excluding hydrogens is 282 g/mol. The fourth-order valence-electron chi connectivity index (χ4n) is 2.43. The lowest BCUT2D eigenvalue weighted by atomic mass is 10.1. The molecule has 3 nitrogen and oxygen atoms in total. The first kappa shape index (κ1) is 13.9. The highest BCUT2D eigenvalue weighted by atomic mass is 32.2. The average Bonchev–Trinajstić information content (AvgIpc) is 2.51. The van der Waals surface area contributed by atoms with Crippen LogP contribution in [-0.4, -0.2) is 17.9 Å². The first-order valence-corrected chi connectivity index (χ1v) is 7.74. The summed E-state index contributed by atoms with van der Waals surface area (Å²) in [4.78, 5) is 25.9. The number of carbonyl (C=O) groups is 2. The fraction of sp³-hybridized carbons (Fsp3) is 0.176. The van der Waals surface area contributed by atoms with E-state index in [1.165, 1.54) is 17.3 Å². The summed E-state index contributed by atoms with van der Waals surface area (Å²) >= 11 is 1.49. The van der Waals surface area contributed by atoms with E-state index in [9.17, 15) is 9.59 Å². The van der Waals surface area contributed by atoms with Crippen LogP contribution in [0.15, 0.2) is 47.4 Å². The van der Waals surface area contributed by atoms with Crippen molar-refractivity contribution in [3.8, 4) is 0 Å². The molecular formula is C17H15NO2S. The Labute approximate surface area is 128 Å². The lowest BCUT2D eigenvalue weighted by Gasteiger charge is -2.29. The summed E-state index contributed by atoms with van der Waals surface area (Å²) in [6, 6.07) is 13.6. The van der Waals surface area contributed by atoms with Crippen LogP contribution in [0.4, 0.5) is 5.69 Å². The molecule has 2 aromatic carbocycles. The summed E-state index contributed by atoms with van der Waals surface area (Å²) in [6.45, 7) is 2.62. The Hall–Kier alpha value is -2.07. The minimum atomic E-state index is 0.106. The Morgan fingerprint density at radius 1 is 1.24 bits per heavy atom. The molecule has 3 rings (SSSR count). The molecule has 0 radical (unpaired) electrons. The molecule has 21 heavy (non-hydrogen) atoms. The zero-order valence-corrected chi connectivity index (χ0v) is 12.5. The van der Waals surface area contributed by atoms with E-state index < -0.39 is 0 Å². The summed E-state index contributed by atoms with van der Waals surface area (Å²) in [5.74, 6) is 0.524. The van der Waals surface area contributed by atoms with Crippen molar-refractivity contribution in [1.82, 2.24) is 0 Å². The summed E-state index contributed by atoms with van der Waals surface area (Å²) in [6.07, 6.45) is 0.836. The Bertz CT molecular complexity index is 712. The maximum atomic E-state index is 12.3. The molecule has 0 N–H and O–H groups in total. The average molecular weight is 297 g/mol. The number of amides is 1. The third kappa shape index (κ3) is 2.72. The summed E-state index contributed by atoms with van der Waals surface area (Å²) in [7, 11) is 0. The second kappa shape index (κ2) is 5.74. The number of thioether (sulfide) groups is 1. The van der Waals surface area contributed by atoms with Crippen molar-refractivity contribution in [2.45, 2.75) is 18.4 Å². The van der Waals surface area contributed by atoms with Gasteiger partial charge in [0.1, 0.15) is 6.29 Å². The zero-order chi connectivity index (χ0) is 14.8. The number of rotatable bonds is 3. The number of hydrogen-bond donors (Lipinski definition) is 0. The number of aldehydes is 1. The number of carbonyl (C=O) groups excluding carboxylic acids is 2. The van der Waals surface area contributed by atoms with Crippen LogP contribution in [0.25, 0.3) is 0 Å². The molecule has 1 amide bonds. The maximum absolute atomic E-state index is 12.3. The van der Waals surface area contributed by atoms with Gasteiger partial charge in [-0.3, -0.25) is 9.59 Å². The van der Waals surface area contributed by atoms with E-state index in [2.05, 4.69) is 13.0 Å². The van der Waals surface area contributed by atoms with Crippen LogP contribution in [-0.2, 0) is 11.3 Å². The van der Waals surface area contributed by atoms with Gasteiger partial charge in [-0.1, -0.05) is 24.3 Å². The normalized spacial score (nSPS) is 14.0. The number of nitrogens with zero attached hydrogens (tertiary/aromatic N) is 1. The van der Waals surface area contributed by atoms with Gasteiger partial charge in [0.05, 0.1) is 18.0 Å². The predicted molar refractivity (Wildman–Crippen MR) is 84.9 cm³/mol. The quantitative estimate of drug-likeness (QED) is 0.814. The van der Waals surface area contributed by atoms with Crippen molar-refractivity contribution in [2.75, 3.05) is 10.7 Å².